The Morgan fingerprint density at radius 2 is 1.08 bits per heavy atom. The number of rotatable bonds is 37. The van der Waals surface area contributed by atoms with E-state index in [0.717, 1.165) is 44.9 Å². The topological polar surface area (TPSA) is 94.1 Å². The number of carbonyl (C=O) groups is 1. The predicted molar refractivity (Wildman–Crippen MR) is 217 cm³/mol. The molecule has 0 bridgehead atoms. The standard InChI is InChI=1S/C43H78NO7P/c1-6-8-10-12-14-16-18-20-22-23-24-26-28-30-32-34-36-43(45)51-42(41-50-52(46,47)49-39-37-44(3,4)5)40-48-38-35-33-31-29-27-25-21-19-17-15-13-11-9-7-2/h8,10,14,16,20,22,24,26,30,32,42H,6-7,9,11-13,15,17-19,21,23,25,27-29,31,33-41H2,1-5H3. The Morgan fingerprint density at radius 3 is 1.56 bits per heavy atom. The second-order valence-corrected chi connectivity index (χ2v) is 16.0. The zero-order valence-corrected chi connectivity index (χ0v) is 34.9. The van der Waals surface area contributed by atoms with E-state index in [2.05, 4.69) is 62.5 Å². The van der Waals surface area contributed by atoms with Gasteiger partial charge in [0.1, 0.15) is 19.3 Å². The Bertz CT molecular complexity index is 1020. The first-order chi connectivity index (χ1) is 25.1. The molecule has 0 amide bonds. The molecule has 0 aliphatic heterocycles. The summed E-state index contributed by atoms with van der Waals surface area (Å²) >= 11 is 0. The molecule has 2 unspecified atom stereocenters. The summed E-state index contributed by atoms with van der Waals surface area (Å²) in [4.78, 5) is 24.9. The van der Waals surface area contributed by atoms with E-state index in [1.54, 1.807) is 0 Å². The Kier molecular flexibility index (Phi) is 34.9. The lowest BCUT2D eigenvalue weighted by Gasteiger charge is -2.28. The Labute approximate surface area is 320 Å². The van der Waals surface area contributed by atoms with E-state index in [0.29, 0.717) is 24.1 Å². The van der Waals surface area contributed by atoms with Gasteiger partial charge in [-0.1, -0.05) is 158 Å². The van der Waals surface area contributed by atoms with Crippen molar-refractivity contribution in [1.29, 1.82) is 0 Å². The van der Waals surface area contributed by atoms with Crippen molar-refractivity contribution in [1.82, 2.24) is 0 Å². The maximum Gasteiger partial charge on any atom is 0.306 e. The highest BCUT2D eigenvalue weighted by molar-refractivity contribution is 7.45. The summed E-state index contributed by atoms with van der Waals surface area (Å²) in [5.74, 6) is -0.416. The molecule has 0 N–H and O–H groups in total. The van der Waals surface area contributed by atoms with Gasteiger partial charge in [0.15, 0.2) is 0 Å². The van der Waals surface area contributed by atoms with E-state index in [4.69, 9.17) is 18.5 Å². The number of phosphoric acid groups is 1. The molecule has 0 fully saturated rings. The van der Waals surface area contributed by atoms with Crippen LogP contribution in [-0.2, 0) is 27.9 Å². The van der Waals surface area contributed by atoms with Crippen molar-refractivity contribution in [2.75, 3.05) is 54.1 Å². The van der Waals surface area contributed by atoms with Crippen molar-refractivity contribution in [2.45, 2.75) is 155 Å². The van der Waals surface area contributed by atoms with Gasteiger partial charge in [0.2, 0.25) is 0 Å². The average Bonchev–Trinajstić information content (AvgIpc) is 3.09. The van der Waals surface area contributed by atoms with Crippen molar-refractivity contribution < 1.29 is 37.3 Å². The van der Waals surface area contributed by atoms with Crippen molar-refractivity contribution >= 4 is 13.8 Å². The van der Waals surface area contributed by atoms with Gasteiger partial charge in [0.05, 0.1) is 34.4 Å². The second kappa shape index (κ2) is 36.2. The summed E-state index contributed by atoms with van der Waals surface area (Å²) in [6.07, 6.45) is 43.9. The lowest BCUT2D eigenvalue weighted by Crippen LogP contribution is -2.37. The molecule has 0 heterocycles. The first-order valence-electron chi connectivity index (χ1n) is 20.5. The molecule has 9 heteroatoms. The molecule has 0 aromatic heterocycles. The molecular formula is C43H78NO7P. The minimum atomic E-state index is -4.54. The number of phosphoric ester groups is 1. The third kappa shape index (κ3) is 39.4. The molecule has 0 aromatic carbocycles. The molecule has 0 spiro atoms. The Balaban J connectivity index is 4.40. The van der Waals surface area contributed by atoms with Crippen molar-refractivity contribution in [3.05, 3.63) is 60.8 Å². The number of unbranched alkanes of at least 4 members (excludes halogenated alkanes) is 13. The smallest absolute Gasteiger partial charge is 0.306 e. The summed E-state index contributed by atoms with van der Waals surface area (Å²) in [5.41, 5.74) is 0. The minimum Gasteiger partial charge on any atom is -0.756 e. The molecule has 0 aliphatic rings. The number of allylic oxidation sites excluding steroid dienone is 10. The lowest BCUT2D eigenvalue weighted by atomic mass is 10.0. The second-order valence-electron chi connectivity index (χ2n) is 14.6. The third-order valence-corrected chi connectivity index (χ3v) is 9.31. The lowest BCUT2D eigenvalue weighted by molar-refractivity contribution is -0.870. The van der Waals surface area contributed by atoms with E-state index in [1.807, 2.05) is 33.3 Å². The number of quaternary nitrogens is 1. The maximum atomic E-state index is 12.6. The SMILES string of the molecule is CCC=CCC=CCC=CCC=CCC=CCCC(=O)OC(COCCCCCCCCCCCCCCCC)COP(=O)([O-])OCC[N+](C)(C)C. The van der Waals surface area contributed by atoms with Crippen molar-refractivity contribution in [2.24, 2.45) is 0 Å². The average molecular weight is 752 g/mol. The molecule has 0 saturated carbocycles. The Morgan fingerprint density at radius 1 is 0.615 bits per heavy atom. The van der Waals surface area contributed by atoms with Crippen molar-refractivity contribution in [3.63, 3.8) is 0 Å². The largest absolute Gasteiger partial charge is 0.756 e. The van der Waals surface area contributed by atoms with Crippen LogP contribution in [0.15, 0.2) is 60.8 Å². The summed E-state index contributed by atoms with van der Waals surface area (Å²) in [6, 6.07) is 0. The molecular weight excluding hydrogens is 673 g/mol. The van der Waals surface area contributed by atoms with Gasteiger partial charge in [0, 0.05) is 13.0 Å². The fourth-order valence-corrected chi connectivity index (χ4v) is 5.91. The van der Waals surface area contributed by atoms with Gasteiger partial charge in [-0.3, -0.25) is 9.36 Å². The van der Waals surface area contributed by atoms with Crippen LogP contribution in [0.25, 0.3) is 0 Å². The van der Waals surface area contributed by atoms with Crippen molar-refractivity contribution in [3.8, 4) is 0 Å². The van der Waals surface area contributed by atoms with Gasteiger partial charge in [-0.25, -0.2) is 0 Å². The van der Waals surface area contributed by atoms with Crippen LogP contribution in [0.4, 0.5) is 0 Å². The number of carbonyl (C=O) groups excluding carboxylic acids is 1. The summed E-state index contributed by atoms with van der Waals surface area (Å²) < 4.78 is 34.4. The number of nitrogens with zero attached hydrogens (tertiary/aromatic N) is 1. The summed E-state index contributed by atoms with van der Waals surface area (Å²) in [7, 11) is 1.31. The van der Waals surface area contributed by atoms with Crippen LogP contribution < -0.4 is 4.89 Å². The van der Waals surface area contributed by atoms with Crippen LogP contribution in [0.3, 0.4) is 0 Å². The van der Waals surface area contributed by atoms with E-state index < -0.39 is 19.9 Å². The van der Waals surface area contributed by atoms with Gasteiger partial charge < -0.3 is 27.9 Å². The predicted octanol–water partition coefficient (Wildman–Crippen LogP) is 11.1. The summed E-state index contributed by atoms with van der Waals surface area (Å²) in [6.45, 7) is 5.19. The van der Waals surface area contributed by atoms with Crippen LogP contribution in [0.5, 0.6) is 0 Å². The summed E-state index contributed by atoms with van der Waals surface area (Å²) in [5, 5.41) is 0. The molecule has 52 heavy (non-hydrogen) atoms. The van der Waals surface area contributed by atoms with E-state index in [-0.39, 0.29) is 26.2 Å². The van der Waals surface area contributed by atoms with E-state index in [9.17, 15) is 14.3 Å². The van der Waals surface area contributed by atoms with Gasteiger partial charge in [-0.2, -0.15) is 0 Å². The highest BCUT2D eigenvalue weighted by atomic mass is 31.2. The first-order valence-corrected chi connectivity index (χ1v) is 22.0. The number of hydrogen-bond acceptors (Lipinski definition) is 7. The minimum absolute atomic E-state index is 0.0115. The Hall–Kier alpha value is -1.80. The first kappa shape index (κ1) is 50.2. The number of esters is 1. The van der Waals surface area contributed by atoms with Crippen LogP contribution in [0, 0.1) is 0 Å². The van der Waals surface area contributed by atoms with Crippen LogP contribution >= 0.6 is 7.82 Å². The highest BCUT2D eigenvalue weighted by Crippen LogP contribution is 2.38. The van der Waals surface area contributed by atoms with Gasteiger partial charge >= 0.3 is 5.97 Å². The quantitative estimate of drug-likeness (QED) is 0.0205. The molecule has 0 aromatic rings. The van der Waals surface area contributed by atoms with Gasteiger partial charge in [0.25, 0.3) is 7.82 Å². The van der Waals surface area contributed by atoms with Gasteiger partial charge in [-0.15, -0.1) is 0 Å². The molecule has 0 saturated heterocycles. The maximum absolute atomic E-state index is 12.6. The zero-order chi connectivity index (χ0) is 38.4. The fraction of sp³-hybridized carbons (Fsp3) is 0.744. The number of likely N-dealkylation sites (N-methyl/N-ethyl adjacent to an activating group) is 1. The third-order valence-electron chi connectivity index (χ3n) is 8.35. The molecule has 302 valence electrons. The highest BCUT2D eigenvalue weighted by Gasteiger charge is 2.20. The van der Waals surface area contributed by atoms with E-state index >= 15 is 0 Å². The molecule has 0 radical (unpaired) electrons. The van der Waals surface area contributed by atoms with Crippen LogP contribution in [0.2, 0.25) is 0 Å². The van der Waals surface area contributed by atoms with Gasteiger partial charge in [-0.05, 0) is 44.9 Å². The van der Waals surface area contributed by atoms with Crippen LogP contribution in [-0.4, -0.2) is 70.7 Å². The monoisotopic (exact) mass is 752 g/mol. The zero-order valence-electron chi connectivity index (χ0n) is 34.0. The molecule has 2 atom stereocenters. The normalized spacial score (nSPS) is 14.5. The molecule has 0 rings (SSSR count). The van der Waals surface area contributed by atoms with Crippen LogP contribution in [0.1, 0.15) is 149 Å². The molecule has 0 aliphatic carbocycles. The number of hydrogen-bond donors (Lipinski definition) is 0. The fourth-order valence-electron chi connectivity index (χ4n) is 5.18. The molecule has 8 nitrogen and oxygen atoms in total. The number of ether oxygens (including phenoxy) is 2. The van der Waals surface area contributed by atoms with E-state index in [1.165, 1.54) is 77.0 Å².